The van der Waals surface area contributed by atoms with E-state index >= 15 is 0 Å². The molecule has 0 saturated carbocycles. The maximum Gasteiger partial charge on any atom is 0.137 e. The number of hydrogen-bond donors (Lipinski definition) is 1. The second-order valence-electron chi connectivity index (χ2n) is 7.39. The van der Waals surface area contributed by atoms with Gasteiger partial charge in [0.2, 0.25) is 0 Å². The van der Waals surface area contributed by atoms with Gasteiger partial charge in [-0.25, -0.2) is 0 Å². The third-order valence-electron chi connectivity index (χ3n) is 4.19. The van der Waals surface area contributed by atoms with Gasteiger partial charge < -0.3 is 10.5 Å². The summed E-state index contributed by atoms with van der Waals surface area (Å²) in [6, 6.07) is -0.329. The Balaban J connectivity index is 3.95. The van der Waals surface area contributed by atoms with Gasteiger partial charge in [-0.15, -0.1) is 0 Å². The van der Waals surface area contributed by atoms with Crippen molar-refractivity contribution >= 4 is 18.0 Å². The number of allylic oxidation sites excluding steroid dienone is 7. The summed E-state index contributed by atoms with van der Waals surface area (Å²) in [5.41, 5.74) is 11.4. The molecule has 0 aromatic heterocycles. The predicted molar refractivity (Wildman–Crippen MR) is 120 cm³/mol. The SMILES string of the molecule is CC(C)=CCC/C(C)=C/CC/C(C)=C/CC/C(C)=C/CSC[C@H](N)C=O. The normalized spacial score (nSPS) is 14.3. The standard InChI is InChI=1S/C23H39NOS/c1-19(2)9-6-10-20(3)11-7-12-21(4)13-8-14-22(5)15-16-26-18-23(24)17-25/h9,11,13,15,17,23H,6-8,10,12,14,16,18,24H2,1-5H3/b20-11+,21-13+,22-15+/t23-/m1/s1. The number of thioether (sulfide) groups is 1. The second-order valence-corrected chi connectivity index (χ2v) is 8.46. The van der Waals surface area contributed by atoms with Crippen LogP contribution in [0.4, 0.5) is 0 Å². The van der Waals surface area contributed by atoms with Gasteiger partial charge in [0, 0.05) is 11.5 Å². The Morgan fingerprint density at radius 3 is 1.73 bits per heavy atom. The number of carbonyl (C=O) groups is 1. The minimum absolute atomic E-state index is 0.329. The number of nitrogens with two attached hydrogens (primary N) is 1. The van der Waals surface area contributed by atoms with E-state index in [0.717, 1.165) is 44.1 Å². The Kier molecular flexibility index (Phi) is 15.5. The third-order valence-corrected chi connectivity index (χ3v) is 5.21. The van der Waals surface area contributed by atoms with Gasteiger partial charge in [-0.1, -0.05) is 46.6 Å². The number of aldehydes is 1. The van der Waals surface area contributed by atoms with Crippen molar-refractivity contribution in [3.8, 4) is 0 Å². The highest BCUT2D eigenvalue weighted by Gasteiger charge is 1.98. The lowest BCUT2D eigenvalue weighted by molar-refractivity contribution is -0.108. The maximum absolute atomic E-state index is 10.5. The summed E-state index contributed by atoms with van der Waals surface area (Å²) in [4.78, 5) is 10.5. The van der Waals surface area contributed by atoms with Crippen LogP contribution < -0.4 is 5.73 Å². The molecule has 1 atom stereocenters. The van der Waals surface area contributed by atoms with Gasteiger partial charge in [0.25, 0.3) is 0 Å². The topological polar surface area (TPSA) is 43.1 Å². The Labute approximate surface area is 166 Å². The number of rotatable bonds is 14. The van der Waals surface area contributed by atoms with E-state index in [1.807, 2.05) is 0 Å². The van der Waals surface area contributed by atoms with Gasteiger partial charge in [0.1, 0.15) is 6.29 Å². The zero-order valence-electron chi connectivity index (χ0n) is 17.5. The zero-order valence-corrected chi connectivity index (χ0v) is 18.3. The van der Waals surface area contributed by atoms with Crippen LogP contribution in [0.15, 0.2) is 46.6 Å². The van der Waals surface area contributed by atoms with Crippen LogP contribution in [0.5, 0.6) is 0 Å². The molecule has 2 nitrogen and oxygen atoms in total. The summed E-state index contributed by atoms with van der Waals surface area (Å²) in [6.45, 7) is 11.0. The first-order valence-corrected chi connectivity index (χ1v) is 10.9. The van der Waals surface area contributed by atoms with Crippen molar-refractivity contribution in [3.05, 3.63) is 46.6 Å². The Bertz CT molecular complexity index is 510. The van der Waals surface area contributed by atoms with Crippen LogP contribution in [0.2, 0.25) is 0 Å². The van der Waals surface area contributed by atoms with E-state index in [0.29, 0.717) is 5.75 Å². The molecule has 3 heteroatoms. The first-order chi connectivity index (χ1) is 12.3. The molecule has 0 aromatic rings. The molecular weight excluding hydrogens is 338 g/mol. The van der Waals surface area contributed by atoms with Crippen LogP contribution in [-0.2, 0) is 4.79 Å². The van der Waals surface area contributed by atoms with Gasteiger partial charge in [-0.05, 0) is 73.1 Å². The van der Waals surface area contributed by atoms with Crippen molar-refractivity contribution in [2.75, 3.05) is 11.5 Å². The van der Waals surface area contributed by atoms with Crippen molar-refractivity contribution in [1.82, 2.24) is 0 Å². The van der Waals surface area contributed by atoms with Gasteiger partial charge in [-0.2, -0.15) is 11.8 Å². The van der Waals surface area contributed by atoms with E-state index in [2.05, 4.69) is 58.9 Å². The van der Waals surface area contributed by atoms with E-state index < -0.39 is 0 Å². The largest absolute Gasteiger partial charge is 0.321 e. The fourth-order valence-corrected chi connectivity index (χ4v) is 3.32. The van der Waals surface area contributed by atoms with Crippen LogP contribution in [0, 0.1) is 0 Å². The molecule has 0 unspecified atom stereocenters. The smallest absolute Gasteiger partial charge is 0.137 e. The summed E-state index contributed by atoms with van der Waals surface area (Å²) in [5, 5.41) is 0. The lowest BCUT2D eigenvalue weighted by Crippen LogP contribution is -2.24. The van der Waals surface area contributed by atoms with Gasteiger partial charge in [0.15, 0.2) is 0 Å². The highest BCUT2D eigenvalue weighted by molar-refractivity contribution is 7.99. The molecule has 0 aliphatic rings. The molecule has 0 radical (unpaired) electrons. The first kappa shape index (κ1) is 24.9. The molecule has 0 spiro atoms. The van der Waals surface area contributed by atoms with Gasteiger partial charge in [-0.3, -0.25) is 0 Å². The average Bonchev–Trinajstić information content (AvgIpc) is 2.58. The van der Waals surface area contributed by atoms with E-state index in [-0.39, 0.29) is 6.04 Å². The van der Waals surface area contributed by atoms with E-state index in [4.69, 9.17) is 5.73 Å². The van der Waals surface area contributed by atoms with Gasteiger partial charge in [0.05, 0.1) is 6.04 Å². The molecule has 0 aromatic carbocycles. The number of hydrogen-bond acceptors (Lipinski definition) is 3. The minimum atomic E-state index is -0.329. The lowest BCUT2D eigenvalue weighted by Gasteiger charge is -2.04. The number of carbonyl (C=O) groups excluding carboxylic acids is 1. The summed E-state index contributed by atoms with van der Waals surface area (Å²) in [6.07, 6.45) is 17.0. The lowest BCUT2D eigenvalue weighted by atomic mass is 10.0. The molecule has 0 fully saturated rings. The monoisotopic (exact) mass is 377 g/mol. The molecule has 0 saturated heterocycles. The predicted octanol–water partition coefficient (Wildman–Crippen LogP) is 6.39. The van der Waals surface area contributed by atoms with Crippen molar-refractivity contribution in [2.24, 2.45) is 5.73 Å². The van der Waals surface area contributed by atoms with Crippen LogP contribution in [0.1, 0.15) is 73.1 Å². The highest BCUT2D eigenvalue weighted by atomic mass is 32.2. The molecule has 0 rings (SSSR count). The molecule has 0 bridgehead atoms. The molecule has 148 valence electrons. The van der Waals surface area contributed by atoms with Crippen molar-refractivity contribution in [1.29, 1.82) is 0 Å². The van der Waals surface area contributed by atoms with Gasteiger partial charge >= 0.3 is 0 Å². The Morgan fingerprint density at radius 2 is 1.27 bits per heavy atom. The van der Waals surface area contributed by atoms with Crippen molar-refractivity contribution < 1.29 is 4.79 Å². The van der Waals surface area contributed by atoms with E-state index in [9.17, 15) is 4.79 Å². The van der Waals surface area contributed by atoms with Crippen LogP contribution in [0.3, 0.4) is 0 Å². The molecule has 0 heterocycles. The molecule has 0 aliphatic heterocycles. The highest BCUT2D eigenvalue weighted by Crippen LogP contribution is 2.14. The Hall–Kier alpha value is -1.06. The fraction of sp³-hybridized carbons (Fsp3) is 0.609. The third kappa shape index (κ3) is 16.4. The van der Waals surface area contributed by atoms with Crippen molar-refractivity contribution in [2.45, 2.75) is 79.2 Å². The summed E-state index contributed by atoms with van der Waals surface area (Å²) in [5.74, 6) is 1.64. The van der Waals surface area contributed by atoms with E-state index in [1.54, 1.807) is 11.8 Å². The van der Waals surface area contributed by atoms with Crippen molar-refractivity contribution in [3.63, 3.8) is 0 Å². The quantitative estimate of drug-likeness (QED) is 0.217. The molecular formula is C23H39NOS. The van der Waals surface area contributed by atoms with Crippen LogP contribution in [-0.4, -0.2) is 23.8 Å². The summed E-state index contributed by atoms with van der Waals surface area (Å²) in [7, 11) is 0. The molecule has 2 N–H and O–H groups in total. The average molecular weight is 378 g/mol. The minimum Gasteiger partial charge on any atom is -0.321 e. The zero-order chi connectivity index (χ0) is 19.8. The van der Waals surface area contributed by atoms with Crippen LogP contribution >= 0.6 is 11.8 Å². The molecule has 0 amide bonds. The maximum atomic E-state index is 10.5. The molecule has 26 heavy (non-hydrogen) atoms. The summed E-state index contributed by atoms with van der Waals surface area (Å²) >= 11 is 1.72. The Morgan fingerprint density at radius 1 is 0.808 bits per heavy atom. The second kappa shape index (κ2) is 16.1. The first-order valence-electron chi connectivity index (χ1n) is 9.74. The molecule has 0 aliphatic carbocycles. The van der Waals surface area contributed by atoms with E-state index in [1.165, 1.54) is 28.7 Å². The fourth-order valence-electron chi connectivity index (χ4n) is 2.43. The summed E-state index contributed by atoms with van der Waals surface area (Å²) < 4.78 is 0. The van der Waals surface area contributed by atoms with Crippen LogP contribution in [0.25, 0.3) is 0 Å².